The lowest BCUT2D eigenvalue weighted by atomic mass is 10.0. The summed E-state index contributed by atoms with van der Waals surface area (Å²) in [5.41, 5.74) is 1.24. The van der Waals surface area contributed by atoms with Crippen molar-refractivity contribution in [1.82, 2.24) is 15.3 Å². The van der Waals surface area contributed by atoms with Crippen molar-refractivity contribution >= 4 is 33.7 Å². The Morgan fingerprint density at radius 3 is 2.69 bits per heavy atom. The van der Waals surface area contributed by atoms with Crippen molar-refractivity contribution in [2.75, 3.05) is 11.9 Å². The second kappa shape index (κ2) is 9.78. The molecule has 0 saturated heterocycles. The summed E-state index contributed by atoms with van der Waals surface area (Å²) in [4.78, 5) is 40.0. The molecule has 1 aromatic carbocycles. The van der Waals surface area contributed by atoms with Crippen LogP contribution in [0, 0.1) is 10.1 Å². The Morgan fingerprint density at radius 2 is 2.08 bits per heavy atom. The Balaban J connectivity index is 2.00. The SMILES string of the molecule is O=C(CBr)NC(=O)C(CCOCc1ccccc1)c1cnc([N+](=O)[O-])[nH]1. The number of H-pyrrole nitrogens is 1. The number of halogens is 1. The van der Waals surface area contributed by atoms with Crippen molar-refractivity contribution in [1.29, 1.82) is 0 Å². The Morgan fingerprint density at radius 1 is 1.35 bits per heavy atom. The van der Waals surface area contributed by atoms with E-state index in [4.69, 9.17) is 4.74 Å². The summed E-state index contributed by atoms with van der Waals surface area (Å²) in [6, 6.07) is 9.51. The number of benzene rings is 1. The van der Waals surface area contributed by atoms with Crippen LogP contribution in [0.1, 0.15) is 23.6 Å². The summed E-state index contributed by atoms with van der Waals surface area (Å²) in [6.45, 7) is 0.598. The molecule has 138 valence electrons. The van der Waals surface area contributed by atoms with Gasteiger partial charge in [0.1, 0.15) is 11.9 Å². The molecule has 0 aliphatic heterocycles. The molecule has 2 rings (SSSR count). The molecule has 0 spiro atoms. The van der Waals surface area contributed by atoms with Gasteiger partial charge in [0.15, 0.2) is 0 Å². The largest absolute Gasteiger partial charge is 0.432 e. The highest BCUT2D eigenvalue weighted by Crippen LogP contribution is 2.21. The third-order valence-electron chi connectivity index (χ3n) is 3.49. The van der Waals surface area contributed by atoms with Gasteiger partial charge in [0, 0.05) is 6.61 Å². The van der Waals surface area contributed by atoms with E-state index in [2.05, 4.69) is 31.2 Å². The fourth-order valence-electron chi connectivity index (χ4n) is 2.25. The number of hydrogen-bond acceptors (Lipinski definition) is 6. The van der Waals surface area contributed by atoms with Gasteiger partial charge < -0.3 is 14.9 Å². The molecule has 0 saturated carbocycles. The maximum atomic E-state index is 12.3. The number of alkyl halides is 1. The van der Waals surface area contributed by atoms with E-state index in [1.165, 1.54) is 6.20 Å². The smallest absolute Gasteiger partial charge is 0.390 e. The number of rotatable bonds is 9. The predicted octanol–water partition coefficient (Wildman–Crippen LogP) is 2.05. The molecule has 1 unspecified atom stereocenters. The first kappa shape index (κ1) is 19.7. The monoisotopic (exact) mass is 424 g/mol. The Kier molecular flexibility index (Phi) is 7.42. The fraction of sp³-hybridized carbons (Fsp3) is 0.312. The molecule has 2 aromatic rings. The number of nitrogens with one attached hydrogen (secondary N) is 2. The van der Waals surface area contributed by atoms with Gasteiger partial charge in [-0.2, -0.15) is 0 Å². The van der Waals surface area contributed by atoms with Gasteiger partial charge in [-0.3, -0.25) is 14.9 Å². The van der Waals surface area contributed by atoms with Crippen LogP contribution in [0.5, 0.6) is 0 Å². The Bertz CT molecular complexity index is 765. The zero-order chi connectivity index (χ0) is 18.9. The summed E-state index contributed by atoms with van der Waals surface area (Å²) in [6.07, 6.45) is 1.45. The second-order valence-electron chi connectivity index (χ2n) is 5.34. The van der Waals surface area contributed by atoms with Crippen molar-refractivity contribution in [2.24, 2.45) is 0 Å². The third kappa shape index (κ3) is 5.74. The van der Waals surface area contributed by atoms with Crippen molar-refractivity contribution in [3.8, 4) is 0 Å². The number of imide groups is 1. The summed E-state index contributed by atoms with van der Waals surface area (Å²) in [7, 11) is 0. The molecule has 2 N–H and O–H groups in total. The quantitative estimate of drug-likeness (QED) is 0.274. The molecule has 0 aliphatic rings. The van der Waals surface area contributed by atoms with E-state index >= 15 is 0 Å². The minimum atomic E-state index is -0.824. The van der Waals surface area contributed by atoms with Crippen LogP contribution >= 0.6 is 15.9 Å². The maximum absolute atomic E-state index is 12.3. The summed E-state index contributed by atoms with van der Waals surface area (Å²) < 4.78 is 5.57. The number of aromatic amines is 1. The molecule has 0 radical (unpaired) electrons. The van der Waals surface area contributed by atoms with Crippen molar-refractivity contribution < 1.29 is 19.2 Å². The lowest BCUT2D eigenvalue weighted by Gasteiger charge is -2.13. The Hall–Kier alpha value is -2.59. The van der Waals surface area contributed by atoms with Crippen LogP contribution in [0.2, 0.25) is 0 Å². The van der Waals surface area contributed by atoms with Crippen molar-refractivity contribution in [2.45, 2.75) is 18.9 Å². The minimum absolute atomic E-state index is 0.0287. The van der Waals surface area contributed by atoms with Crippen LogP contribution in [0.15, 0.2) is 36.5 Å². The van der Waals surface area contributed by atoms with E-state index in [9.17, 15) is 19.7 Å². The highest BCUT2D eigenvalue weighted by atomic mass is 79.9. The summed E-state index contributed by atoms with van der Waals surface area (Å²) in [5.74, 6) is -2.36. The fourth-order valence-corrected chi connectivity index (χ4v) is 2.39. The number of nitrogens with zero attached hydrogens (tertiary/aromatic N) is 2. The number of nitro groups is 1. The zero-order valence-electron chi connectivity index (χ0n) is 13.7. The van der Waals surface area contributed by atoms with Gasteiger partial charge in [-0.1, -0.05) is 51.2 Å². The first-order valence-corrected chi connectivity index (χ1v) is 8.84. The van der Waals surface area contributed by atoms with E-state index in [1.807, 2.05) is 30.3 Å². The maximum Gasteiger partial charge on any atom is 0.432 e. The molecule has 0 bridgehead atoms. The van der Waals surface area contributed by atoms with Gasteiger partial charge in [0.05, 0.1) is 17.9 Å². The molecule has 0 fully saturated rings. The number of amides is 2. The first-order valence-electron chi connectivity index (χ1n) is 7.72. The minimum Gasteiger partial charge on any atom is -0.390 e. The molecule has 26 heavy (non-hydrogen) atoms. The lowest BCUT2D eigenvalue weighted by Crippen LogP contribution is -2.36. The average molecular weight is 425 g/mol. The molecule has 2 amide bonds. The summed E-state index contributed by atoms with van der Waals surface area (Å²) in [5, 5.41) is 13.0. The van der Waals surface area contributed by atoms with E-state index < -0.39 is 28.6 Å². The number of hydrogen-bond donors (Lipinski definition) is 2. The number of ether oxygens (including phenoxy) is 1. The van der Waals surface area contributed by atoms with Gasteiger partial charge in [-0.15, -0.1) is 0 Å². The van der Waals surface area contributed by atoms with Gasteiger partial charge in [0.2, 0.25) is 11.8 Å². The zero-order valence-corrected chi connectivity index (χ0v) is 15.3. The average Bonchev–Trinajstić information content (AvgIpc) is 3.12. The van der Waals surface area contributed by atoms with Crippen molar-refractivity contribution in [3.63, 3.8) is 0 Å². The molecular weight excluding hydrogens is 408 g/mol. The molecular formula is C16H17BrN4O5. The first-order chi connectivity index (χ1) is 12.5. The number of aromatic nitrogens is 2. The van der Waals surface area contributed by atoms with E-state index in [0.717, 1.165) is 5.56 Å². The lowest BCUT2D eigenvalue weighted by molar-refractivity contribution is -0.393. The molecule has 1 aromatic heterocycles. The van der Waals surface area contributed by atoms with Crippen LogP contribution in [0.3, 0.4) is 0 Å². The highest BCUT2D eigenvalue weighted by molar-refractivity contribution is 9.09. The third-order valence-corrected chi connectivity index (χ3v) is 4.00. The standard InChI is InChI=1S/C16H17BrN4O5/c17-8-14(22)20-15(23)12(13-9-18-16(19-13)21(24)25)6-7-26-10-11-4-2-1-3-5-11/h1-5,9,12H,6-8,10H2,(H,18,19)(H,20,22,23). The Labute approximate surface area is 157 Å². The summed E-state index contributed by atoms with van der Waals surface area (Å²) >= 11 is 2.96. The van der Waals surface area contributed by atoms with Crippen LogP contribution in [0.4, 0.5) is 5.95 Å². The molecule has 0 aliphatic carbocycles. The van der Waals surface area contributed by atoms with E-state index in [0.29, 0.717) is 6.61 Å². The molecule has 1 heterocycles. The van der Waals surface area contributed by atoms with E-state index in [-0.39, 0.29) is 24.1 Å². The van der Waals surface area contributed by atoms with Gasteiger partial charge >= 0.3 is 5.95 Å². The molecule has 1 atom stereocenters. The number of imidazole rings is 1. The van der Waals surface area contributed by atoms with Gasteiger partial charge in [-0.25, -0.2) is 4.98 Å². The van der Waals surface area contributed by atoms with Crippen LogP contribution < -0.4 is 5.32 Å². The van der Waals surface area contributed by atoms with E-state index in [1.54, 1.807) is 0 Å². The number of carbonyl (C=O) groups excluding carboxylic acids is 2. The molecule has 9 nitrogen and oxygen atoms in total. The van der Waals surface area contributed by atoms with Gasteiger partial charge in [-0.05, 0) is 16.9 Å². The van der Waals surface area contributed by atoms with Crippen LogP contribution in [-0.4, -0.2) is 38.6 Å². The predicted molar refractivity (Wildman–Crippen MR) is 95.6 cm³/mol. The van der Waals surface area contributed by atoms with Crippen molar-refractivity contribution in [3.05, 3.63) is 57.9 Å². The highest BCUT2D eigenvalue weighted by Gasteiger charge is 2.27. The topological polar surface area (TPSA) is 127 Å². The molecule has 10 heteroatoms. The van der Waals surface area contributed by atoms with Crippen LogP contribution in [0.25, 0.3) is 0 Å². The normalized spacial score (nSPS) is 11.7. The van der Waals surface area contributed by atoms with Gasteiger partial charge in [0.25, 0.3) is 0 Å². The second-order valence-corrected chi connectivity index (χ2v) is 5.91. The number of carbonyl (C=O) groups is 2. The van der Waals surface area contributed by atoms with Crippen LogP contribution in [-0.2, 0) is 20.9 Å².